The molecular weight excluding hydrogens is 456 g/mol. The maximum atomic E-state index is 12.6. The smallest absolute Gasteiger partial charge is 0.251 e. The number of amides is 1. The monoisotopic (exact) mass is 488 g/mol. The van der Waals surface area contributed by atoms with Crippen LogP contribution in [0.2, 0.25) is 0 Å². The normalized spacial score (nSPS) is 16.0. The third-order valence-electron chi connectivity index (χ3n) is 6.55. The number of nitrogens with one attached hydrogen (secondary N) is 2. The Morgan fingerprint density at radius 2 is 1.92 bits per heavy atom. The molecule has 3 heterocycles. The first-order valence-corrected chi connectivity index (χ1v) is 12.5. The Balaban J connectivity index is 1.04. The molecule has 5 rings (SSSR count). The summed E-state index contributed by atoms with van der Waals surface area (Å²) in [5, 5.41) is 6.62. The lowest BCUT2D eigenvalue weighted by atomic mass is 10.0. The minimum Gasteiger partial charge on any atom is -0.488 e. The first-order chi connectivity index (χ1) is 17.6. The Morgan fingerprint density at radius 3 is 2.69 bits per heavy atom. The van der Waals surface area contributed by atoms with Crippen molar-refractivity contribution in [3.8, 4) is 17.2 Å². The Hall–Kier alpha value is -3.78. The van der Waals surface area contributed by atoms with Crippen molar-refractivity contribution in [1.29, 1.82) is 0 Å². The van der Waals surface area contributed by atoms with Gasteiger partial charge in [0.2, 0.25) is 6.79 Å². The van der Waals surface area contributed by atoms with Crippen molar-refractivity contribution in [2.24, 2.45) is 0 Å². The third kappa shape index (κ3) is 6.07. The molecule has 0 radical (unpaired) electrons. The van der Waals surface area contributed by atoms with E-state index in [1.165, 1.54) is 0 Å². The SMILES string of the molecule is CC(CNC1CCN(c2ccc(C(=O)NCc3ccc4c(c3)OCO4)cc2)CC1)Oc1cccnc1. The number of ether oxygens (including phenoxy) is 3. The molecule has 0 saturated carbocycles. The van der Waals surface area contributed by atoms with Crippen LogP contribution >= 0.6 is 0 Å². The molecule has 1 saturated heterocycles. The largest absolute Gasteiger partial charge is 0.488 e. The van der Waals surface area contributed by atoms with E-state index in [-0.39, 0.29) is 18.8 Å². The van der Waals surface area contributed by atoms with Crippen molar-refractivity contribution in [3.05, 3.63) is 78.1 Å². The van der Waals surface area contributed by atoms with E-state index in [1.807, 2.05) is 54.6 Å². The molecule has 2 aromatic carbocycles. The molecule has 188 valence electrons. The average Bonchev–Trinajstić information content (AvgIpc) is 3.40. The van der Waals surface area contributed by atoms with Gasteiger partial charge in [-0.05, 0) is 73.9 Å². The van der Waals surface area contributed by atoms with Crippen molar-refractivity contribution in [3.63, 3.8) is 0 Å². The molecule has 1 fully saturated rings. The van der Waals surface area contributed by atoms with Crippen LogP contribution in [0.5, 0.6) is 17.2 Å². The zero-order valence-electron chi connectivity index (χ0n) is 20.5. The van der Waals surface area contributed by atoms with Crippen molar-refractivity contribution in [2.45, 2.75) is 38.5 Å². The molecule has 1 atom stereocenters. The predicted octanol–water partition coefficient (Wildman–Crippen LogP) is 3.77. The number of carbonyl (C=O) groups is 1. The summed E-state index contributed by atoms with van der Waals surface area (Å²) in [6.45, 7) is 5.50. The maximum absolute atomic E-state index is 12.6. The van der Waals surface area contributed by atoms with Crippen LogP contribution in [0, 0.1) is 0 Å². The van der Waals surface area contributed by atoms with E-state index < -0.39 is 0 Å². The van der Waals surface area contributed by atoms with Crippen LogP contribution in [0.3, 0.4) is 0 Å². The molecule has 3 aromatic rings. The summed E-state index contributed by atoms with van der Waals surface area (Å²) in [6.07, 6.45) is 5.70. The van der Waals surface area contributed by atoms with Gasteiger partial charge in [-0.2, -0.15) is 0 Å². The predicted molar refractivity (Wildman–Crippen MR) is 138 cm³/mol. The van der Waals surface area contributed by atoms with Crippen molar-refractivity contribution in [1.82, 2.24) is 15.6 Å². The van der Waals surface area contributed by atoms with E-state index >= 15 is 0 Å². The van der Waals surface area contributed by atoms with Gasteiger partial charge in [0.1, 0.15) is 11.9 Å². The highest BCUT2D eigenvalue weighted by Crippen LogP contribution is 2.32. The second-order valence-electron chi connectivity index (χ2n) is 9.20. The summed E-state index contributed by atoms with van der Waals surface area (Å²) in [5.74, 6) is 2.17. The number of rotatable bonds is 9. The van der Waals surface area contributed by atoms with E-state index in [2.05, 4.69) is 27.4 Å². The molecule has 2 N–H and O–H groups in total. The van der Waals surface area contributed by atoms with Gasteiger partial charge in [0.15, 0.2) is 11.5 Å². The molecular formula is C28H32N4O4. The lowest BCUT2D eigenvalue weighted by Crippen LogP contribution is -2.45. The number of fused-ring (bicyclic) bond motifs is 1. The van der Waals surface area contributed by atoms with Crippen LogP contribution in [0.15, 0.2) is 67.0 Å². The van der Waals surface area contributed by atoms with Gasteiger partial charge in [0.25, 0.3) is 5.91 Å². The van der Waals surface area contributed by atoms with E-state index in [0.29, 0.717) is 18.2 Å². The molecule has 1 unspecified atom stereocenters. The number of piperidine rings is 1. The van der Waals surface area contributed by atoms with E-state index in [0.717, 1.165) is 61.0 Å². The number of anilines is 1. The van der Waals surface area contributed by atoms with Gasteiger partial charge in [-0.15, -0.1) is 0 Å². The summed E-state index contributed by atoms with van der Waals surface area (Å²) in [7, 11) is 0. The molecule has 1 amide bonds. The fraction of sp³-hybridized carbons (Fsp3) is 0.357. The number of hydrogen-bond acceptors (Lipinski definition) is 7. The van der Waals surface area contributed by atoms with E-state index in [1.54, 1.807) is 12.4 Å². The highest BCUT2D eigenvalue weighted by molar-refractivity contribution is 5.94. The van der Waals surface area contributed by atoms with Gasteiger partial charge in [0, 0.05) is 49.7 Å². The molecule has 2 aliphatic rings. The number of pyridine rings is 1. The Bertz CT molecular complexity index is 1150. The van der Waals surface area contributed by atoms with Crippen LogP contribution in [0.25, 0.3) is 0 Å². The van der Waals surface area contributed by atoms with Crippen molar-refractivity contribution >= 4 is 11.6 Å². The van der Waals surface area contributed by atoms with Gasteiger partial charge >= 0.3 is 0 Å². The first kappa shape index (κ1) is 23.9. The molecule has 0 bridgehead atoms. The Morgan fingerprint density at radius 1 is 1.11 bits per heavy atom. The number of nitrogens with zero attached hydrogens (tertiary/aromatic N) is 2. The van der Waals surface area contributed by atoms with Gasteiger partial charge in [0.05, 0.1) is 6.20 Å². The number of benzene rings is 2. The second kappa shape index (κ2) is 11.3. The maximum Gasteiger partial charge on any atom is 0.251 e. The zero-order chi connectivity index (χ0) is 24.7. The molecule has 0 aliphatic carbocycles. The topological polar surface area (TPSA) is 85.0 Å². The molecule has 36 heavy (non-hydrogen) atoms. The van der Waals surface area contributed by atoms with Gasteiger partial charge in [-0.3, -0.25) is 9.78 Å². The number of aromatic nitrogens is 1. The van der Waals surface area contributed by atoms with Crippen LogP contribution in [0.4, 0.5) is 5.69 Å². The number of carbonyl (C=O) groups excluding carboxylic acids is 1. The minimum absolute atomic E-state index is 0.0796. The molecule has 8 nitrogen and oxygen atoms in total. The summed E-state index contributed by atoms with van der Waals surface area (Å²) in [4.78, 5) is 19.1. The quantitative estimate of drug-likeness (QED) is 0.474. The van der Waals surface area contributed by atoms with E-state index in [9.17, 15) is 4.79 Å². The molecule has 0 spiro atoms. The van der Waals surface area contributed by atoms with Gasteiger partial charge in [-0.25, -0.2) is 0 Å². The van der Waals surface area contributed by atoms with Crippen LogP contribution < -0.4 is 29.7 Å². The third-order valence-corrected chi connectivity index (χ3v) is 6.55. The molecule has 2 aliphatic heterocycles. The highest BCUT2D eigenvalue weighted by atomic mass is 16.7. The Labute approximate surface area is 211 Å². The minimum atomic E-state index is -0.0928. The fourth-order valence-corrected chi connectivity index (χ4v) is 4.52. The molecule has 1 aromatic heterocycles. The lowest BCUT2D eigenvalue weighted by molar-refractivity contribution is 0.0951. The number of hydrogen-bond donors (Lipinski definition) is 2. The Kier molecular flexibility index (Phi) is 7.52. The molecule has 8 heteroatoms. The fourth-order valence-electron chi connectivity index (χ4n) is 4.52. The standard InChI is InChI=1S/C28H32N4O4/c1-20(36-25-3-2-12-29-18-25)16-30-23-10-13-32(14-11-23)24-7-5-22(6-8-24)28(33)31-17-21-4-9-26-27(15-21)35-19-34-26/h2-9,12,15,18,20,23,30H,10-11,13-14,16-17,19H2,1H3,(H,31,33). The summed E-state index contributed by atoms with van der Waals surface area (Å²) < 4.78 is 16.6. The summed E-state index contributed by atoms with van der Waals surface area (Å²) in [6, 6.07) is 17.8. The van der Waals surface area contributed by atoms with Gasteiger partial charge in [-0.1, -0.05) is 6.07 Å². The second-order valence-corrected chi connectivity index (χ2v) is 9.20. The van der Waals surface area contributed by atoms with Crippen LogP contribution in [-0.4, -0.2) is 49.5 Å². The van der Waals surface area contributed by atoms with Crippen molar-refractivity contribution in [2.75, 3.05) is 31.3 Å². The lowest BCUT2D eigenvalue weighted by Gasteiger charge is -2.34. The summed E-state index contributed by atoms with van der Waals surface area (Å²) >= 11 is 0. The van der Waals surface area contributed by atoms with E-state index in [4.69, 9.17) is 14.2 Å². The van der Waals surface area contributed by atoms with Crippen LogP contribution in [-0.2, 0) is 6.54 Å². The first-order valence-electron chi connectivity index (χ1n) is 12.5. The summed E-state index contributed by atoms with van der Waals surface area (Å²) in [5.41, 5.74) is 2.77. The zero-order valence-corrected chi connectivity index (χ0v) is 20.5. The highest BCUT2D eigenvalue weighted by Gasteiger charge is 2.20. The average molecular weight is 489 g/mol. The van der Waals surface area contributed by atoms with Crippen molar-refractivity contribution < 1.29 is 19.0 Å². The van der Waals surface area contributed by atoms with Crippen LogP contribution in [0.1, 0.15) is 35.7 Å². The van der Waals surface area contributed by atoms with Gasteiger partial charge < -0.3 is 29.7 Å².